The summed E-state index contributed by atoms with van der Waals surface area (Å²) in [6.45, 7) is 6.90. The van der Waals surface area contributed by atoms with Crippen molar-refractivity contribution in [3.05, 3.63) is 47.3 Å². The van der Waals surface area contributed by atoms with Crippen LogP contribution in [0.4, 0.5) is 0 Å². The molecule has 1 aliphatic carbocycles. The standard InChI is InChI=1S/C26H33N5O3/c1-16(2)29-10-6-9-22(29)25(32)27-21-12-19-11-17(21)13-30(19)26(33)24-20-14-34-15-23(20)31(28-24)18-7-4-3-5-8-18/h3-5,7-8,16-17,19,21-22H,6,9-15H2,1-2H3,(H,27,32)/t17-,19-,21-,22+/m1/s1. The lowest BCUT2D eigenvalue weighted by molar-refractivity contribution is -0.127. The number of benzene rings is 1. The minimum Gasteiger partial charge on any atom is -0.370 e. The second-order valence-electron chi connectivity index (χ2n) is 10.5. The average molecular weight is 464 g/mol. The van der Waals surface area contributed by atoms with Gasteiger partial charge in [-0.15, -0.1) is 0 Å². The van der Waals surface area contributed by atoms with Crippen LogP contribution in [0.1, 0.15) is 61.3 Å². The lowest BCUT2D eigenvalue weighted by Crippen LogP contribution is -2.53. The minimum absolute atomic E-state index is 0.00418. The highest BCUT2D eigenvalue weighted by molar-refractivity contribution is 5.95. The van der Waals surface area contributed by atoms with Crippen molar-refractivity contribution in [3.8, 4) is 5.69 Å². The summed E-state index contributed by atoms with van der Waals surface area (Å²) in [7, 11) is 0. The quantitative estimate of drug-likeness (QED) is 0.737. The van der Waals surface area contributed by atoms with Crippen molar-refractivity contribution in [1.29, 1.82) is 0 Å². The SMILES string of the molecule is CC(C)N1CCC[C@H]1C(=O)N[C@@H]1C[C@H]2C[C@@H]1CN2C(=O)c1nn(-c2ccccc2)c2c1COC2. The molecule has 2 aromatic rings. The maximum Gasteiger partial charge on any atom is 0.275 e. The number of para-hydroxylation sites is 1. The number of aromatic nitrogens is 2. The van der Waals surface area contributed by atoms with Crippen LogP contribution in [-0.2, 0) is 22.7 Å². The monoisotopic (exact) mass is 463 g/mol. The van der Waals surface area contributed by atoms with Gasteiger partial charge in [-0.25, -0.2) is 4.68 Å². The van der Waals surface area contributed by atoms with Gasteiger partial charge in [0.05, 0.1) is 30.6 Å². The van der Waals surface area contributed by atoms with Crippen LogP contribution < -0.4 is 5.32 Å². The number of carbonyl (C=O) groups excluding carboxylic acids is 2. The summed E-state index contributed by atoms with van der Waals surface area (Å²) in [5.41, 5.74) is 3.34. The molecule has 0 spiro atoms. The lowest BCUT2D eigenvalue weighted by atomic mass is 10.0. The molecule has 4 atom stereocenters. The molecule has 6 rings (SSSR count). The lowest BCUT2D eigenvalue weighted by Gasteiger charge is -2.33. The first kappa shape index (κ1) is 21.8. The third kappa shape index (κ3) is 3.55. The minimum atomic E-state index is -0.0126. The summed E-state index contributed by atoms with van der Waals surface area (Å²) >= 11 is 0. The number of nitrogens with zero attached hydrogens (tertiary/aromatic N) is 4. The molecule has 2 bridgehead atoms. The Labute approximate surface area is 200 Å². The number of carbonyl (C=O) groups is 2. The first-order valence-electron chi connectivity index (χ1n) is 12.6. The Hall–Kier alpha value is -2.71. The maximum absolute atomic E-state index is 13.6. The van der Waals surface area contributed by atoms with Gasteiger partial charge in [0, 0.05) is 30.2 Å². The Morgan fingerprint density at radius 3 is 2.71 bits per heavy atom. The predicted molar refractivity (Wildman–Crippen MR) is 126 cm³/mol. The van der Waals surface area contributed by atoms with Crippen LogP contribution in [0.15, 0.2) is 30.3 Å². The van der Waals surface area contributed by atoms with Gasteiger partial charge in [-0.1, -0.05) is 18.2 Å². The van der Waals surface area contributed by atoms with Gasteiger partial charge in [-0.2, -0.15) is 5.10 Å². The molecule has 34 heavy (non-hydrogen) atoms. The van der Waals surface area contributed by atoms with E-state index in [4.69, 9.17) is 9.84 Å². The van der Waals surface area contributed by atoms with Gasteiger partial charge in [-0.05, 0) is 64.1 Å². The number of hydrogen-bond donors (Lipinski definition) is 1. The molecule has 8 nitrogen and oxygen atoms in total. The fourth-order valence-electron chi connectivity index (χ4n) is 6.47. The molecule has 1 aromatic carbocycles. The number of likely N-dealkylation sites (tertiary alicyclic amines) is 2. The highest BCUT2D eigenvalue weighted by Crippen LogP contribution is 2.39. The van der Waals surface area contributed by atoms with E-state index in [1.165, 1.54) is 0 Å². The summed E-state index contributed by atoms with van der Waals surface area (Å²) in [6.07, 6.45) is 3.80. The van der Waals surface area contributed by atoms with Gasteiger partial charge < -0.3 is 15.0 Å². The van der Waals surface area contributed by atoms with Crippen molar-refractivity contribution in [2.24, 2.45) is 5.92 Å². The zero-order chi connectivity index (χ0) is 23.4. The third-order valence-corrected chi connectivity index (χ3v) is 8.17. The zero-order valence-corrected chi connectivity index (χ0v) is 19.9. The highest BCUT2D eigenvalue weighted by Gasteiger charge is 2.49. The Morgan fingerprint density at radius 2 is 1.97 bits per heavy atom. The average Bonchev–Trinajstić information content (AvgIpc) is 3.64. The van der Waals surface area contributed by atoms with E-state index in [2.05, 4.69) is 24.1 Å². The van der Waals surface area contributed by atoms with Crippen LogP contribution >= 0.6 is 0 Å². The van der Waals surface area contributed by atoms with Crippen LogP contribution in [0.3, 0.4) is 0 Å². The molecule has 0 unspecified atom stereocenters. The zero-order valence-electron chi connectivity index (χ0n) is 19.9. The van der Waals surface area contributed by atoms with E-state index < -0.39 is 0 Å². The number of ether oxygens (including phenoxy) is 1. The number of rotatable bonds is 5. The Morgan fingerprint density at radius 1 is 1.15 bits per heavy atom. The van der Waals surface area contributed by atoms with Crippen molar-refractivity contribution in [3.63, 3.8) is 0 Å². The smallest absolute Gasteiger partial charge is 0.275 e. The summed E-state index contributed by atoms with van der Waals surface area (Å²) in [5, 5.41) is 8.09. The molecule has 0 radical (unpaired) electrons. The van der Waals surface area contributed by atoms with Gasteiger partial charge in [0.1, 0.15) is 0 Å². The predicted octanol–water partition coefficient (Wildman–Crippen LogP) is 2.49. The van der Waals surface area contributed by atoms with E-state index in [1.54, 1.807) is 0 Å². The van der Waals surface area contributed by atoms with Crippen molar-refractivity contribution < 1.29 is 14.3 Å². The molecule has 3 aliphatic heterocycles. The van der Waals surface area contributed by atoms with E-state index in [1.807, 2.05) is 39.9 Å². The van der Waals surface area contributed by atoms with Crippen molar-refractivity contribution in [1.82, 2.24) is 24.9 Å². The van der Waals surface area contributed by atoms with Gasteiger partial charge in [0.15, 0.2) is 5.69 Å². The maximum atomic E-state index is 13.6. The number of amides is 2. The van der Waals surface area contributed by atoms with Crippen molar-refractivity contribution in [2.45, 2.75) is 76.9 Å². The summed E-state index contributed by atoms with van der Waals surface area (Å²) in [5.74, 6) is 0.473. The Bertz CT molecular complexity index is 1100. The summed E-state index contributed by atoms with van der Waals surface area (Å²) < 4.78 is 7.54. The molecular formula is C26H33N5O3. The Balaban J connectivity index is 1.15. The van der Waals surface area contributed by atoms with Gasteiger partial charge in [0.25, 0.3) is 5.91 Å². The van der Waals surface area contributed by atoms with Crippen molar-refractivity contribution in [2.75, 3.05) is 13.1 Å². The molecule has 8 heteroatoms. The fourth-order valence-corrected chi connectivity index (χ4v) is 6.47. The molecule has 4 heterocycles. The first-order valence-corrected chi connectivity index (χ1v) is 12.6. The van der Waals surface area contributed by atoms with Gasteiger partial charge in [0.2, 0.25) is 5.91 Å². The van der Waals surface area contributed by atoms with Crippen molar-refractivity contribution >= 4 is 11.8 Å². The summed E-state index contributed by atoms with van der Waals surface area (Å²) in [4.78, 5) is 30.9. The van der Waals surface area contributed by atoms with Crippen LogP contribution in [0.25, 0.3) is 5.69 Å². The normalized spacial score (nSPS) is 28.1. The van der Waals surface area contributed by atoms with Crippen LogP contribution in [0, 0.1) is 5.92 Å². The van der Waals surface area contributed by atoms with Gasteiger partial charge in [-0.3, -0.25) is 14.5 Å². The number of piperidine rings is 1. The van der Waals surface area contributed by atoms with E-state index in [9.17, 15) is 9.59 Å². The van der Waals surface area contributed by atoms with Crippen LogP contribution in [-0.4, -0.2) is 68.7 Å². The van der Waals surface area contributed by atoms with E-state index >= 15 is 0 Å². The molecule has 4 aliphatic rings. The third-order valence-electron chi connectivity index (χ3n) is 8.17. The number of nitrogens with one attached hydrogen (secondary N) is 1. The molecule has 1 N–H and O–H groups in total. The molecule has 1 saturated carbocycles. The molecule has 1 aromatic heterocycles. The Kier molecular flexibility index (Phi) is 5.45. The van der Waals surface area contributed by atoms with Gasteiger partial charge >= 0.3 is 0 Å². The largest absolute Gasteiger partial charge is 0.370 e. The molecular weight excluding hydrogens is 430 g/mol. The van der Waals surface area contributed by atoms with E-state index in [0.717, 1.165) is 49.2 Å². The summed E-state index contributed by atoms with van der Waals surface area (Å²) in [6, 6.07) is 10.6. The van der Waals surface area contributed by atoms with Crippen LogP contribution in [0.2, 0.25) is 0 Å². The molecule has 180 valence electrons. The van der Waals surface area contributed by atoms with E-state index in [0.29, 0.717) is 37.4 Å². The molecule has 2 saturated heterocycles. The molecule has 3 fully saturated rings. The highest BCUT2D eigenvalue weighted by atomic mass is 16.5. The first-order chi connectivity index (χ1) is 16.5. The molecule has 2 amide bonds. The number of hydrogen-bond acceptors (Lipinski definition) is 5. The van der Waals surface area contributed by atoms with E-state index in [-0.39, 0.29) is 29.9 Å². The topological polar surface area (TPSA) is 79.7 Å². The fraction of sp³-hybridized carbons (Fsp3) is 0.577. The second kappa shape index (κ2) is 8.50. The van der Waals surface area contributed by atoms with Crippen LogP contribution in [0.5, 0.6) is 0 Å². The second-order valence-corrected chi connectivity index (χ2v) is 10.5. The number of fused-ring (bicyclic) bond motifs is 3.